The smallest absolute Gasteiger partial charge is 0.282 e. The molecule has 0 amide bonds. The monoisotopic (exact) mass is 247 g/mol. The van der Waals surface area contributed by atoms with Crippen LogP contribution < -0.4 is 5.32 Å². The minimum atomic E-state index is -3.19. The van der Waals surface area contributed by atoms with Crippen LogP contribution in [0.2, 0.25) is 0 Å². The number of rotatable bonds is 2. The summed E-state index contributed by atoms with van der Waals surface area (Å²) < 4.78 is 27.9. The van der Waals surface area contributed by atoms with Crippen molar-refractivity contribution < 1.29 is 8.42 Å². The molecule has 2 aliphatic heterocycles. The van der Waals surface area contributed by atoms with E-state index < -0.39 is 10.2 Å². The van der Waals surface area contributed by atoms with Gasteiger partial charge in [-0.25, -0.2) is 0 Å². The van der Waals surface area contributed by atoms with E-state index in [1.807, 2.05) is 6.92 Å². The molecule has 2 heterocycles. The summed E-state index contributed by atoms with van der Waals surface area (Å²) in [4.78, 5) is 0. The molecule has 2 fully saturated rings. The van der Waals surface area contributed by atoms with Crippen LogP contribution in [0.25, 0.3) is 0 Å². The summed E-state index contributed by atoms with van der Waals surface area (Å²) in [5, 5.41) is 3.26. The van der Waals surface area contributed by atoms with Gasteiger partial charge < -0.3 is 5.32 Å². The summed E-state index contributed by atoms with van der Waals surface area (Å²) in [6.07, 6.45) is 3.16. The van der Waals surface area contributed by atoms with Crippen LogP contribution in [0, 0.1) is 0 Å². The quantitative estimate of drug-likeness (QED) is 0.748. The van der Waals surface area contributed by atoms with Gasteiger partial charge in [-0.3, -0.25) is 0 Å². The van der Waals surface area contributed by atoms with Gasteiger partial charge in [0, 0.05) is 38.8 Å². The third-order valence-corrected chi connectivity index (χ3v) is 5.30. The zero-order valence-electron chi connectivity index (χ0n) is 9.85. The maximum absolute atomic E-state index is 12.3. The Bertz CT molecular complexity index is 325. The van der Waals surface area contributed by atoms with Crippen LogP contribution in [-0.2, 0) is 10.2 Å². The summed E-state index contributed by atoms with van der Waals surface area (Å²) in [7, 11) is -3.19. The van der Waals surface area contributed by atoms with Crippen LogP contribution in [-0.4, -0.2) is 55.8 Å². The fraction of sp³-hybridized carbons (Fsp3) is 1.00. The summed E-state index contributed by atoms with van der Waals surface area (Å²) in [6, 6.07) is 0.258. The van der Waals surface area contributed by atoms with Crippen molar-refractivity contribution in [1.29, 1.82) is 0 Å². The van der Waals surface area contributed by atoms with Gasteiger partial charge in [-0.1, -0.05) is 6.42 Å². The van der Waals surface area contributed by atoms with Crippen molar-refractivity contribution in [2.75, 3.05) is 32.7 Å². The molecule has 2 aliphatic rings. The lowest BCUT2D eigenvalue weighted by molar-refractivity contribution is 0.266. The second-order valence-electron chi connectivity index (χ2n) is 4.68. The highest BCUT2D eigenvalue weighted by Crippen LogP contribution is 2.17. The standard InChI is InChI=1S/C10H21N3O2S/c1-10-9-13(8-5-11-10)16(14,15)12-6-3-2-4-7-12/h10-11H,2-9H2,1H3/t10-/m0/s1. The number of hydrogen-bond acceptors (Lipinski definition) is 3. The van der Waals surface area contributed by atoms with E-state index >= 15 is 0 Å². The topological polar surface area (TPSA) is 52.7 Å². The molecule has 0 bridgehead atoms. The van der Waals surface area contributed by atoms with E-state index in [1.165, 1.54) is 0 Å². The molecule has 94 valence electrons. The molecule has 0 spiro atoms. The lowest BCUT2D eigenvalue weighted by Gasteiger charge is -2.36. The molecule has 1 atom stereocenters. The van der Waals surface area contributed by atoms with Crippen molar-refractivity contribution in [3.05, 3.63) is 0 Å². The Kier molecular flexibility index (Phi) is 3.84. The minimum Gasteiger partial charge on any atom is -0.312 e. The van der Waals surface area contributed by atoms with Gasteiger partial charge in [0.15, 0.2) is 0 Å². The molecule has 0 aromatic heterocycles. The molecule has 0 aromatic rings. The number of nitrogens with one attached hydrogen (secondary N) is 1. The van der Waals surface area contributed by atoms with E-state index in [0.29, 0.717) is 26.2 Å². The molecule has 1 N–H and O–H groups in total. The van der Waals surface area contributed by atoms with E-state index in [0.717, 1.165) is 25.8 Å². The van der Waals surface area contributed by atoms with Crippen LogP contribution in [0.3, 0.4) is 0 Å². The Morgan fingerprint density at radius 2 is 1.75 bits per heavy atom. The summed E-state index contributed by atoms with van der Waals surface area (Å²) in [6.45, 7) is 5.37. The van der Waals surface area contributed by atoms with Gasteiger partial charge in [-0.15, -0.1) is 0 Å². The Labute approximate surface area is 98.0 Å². The molecule has 0 aliphatic carbocycles. The average Bonchev–Trinajstić information content (AvgIpc) is 2.30. The number of hydrogen-bond donors (Lipinski definition) is 1. The molecular weight excluding hydrogens is 226 g/mol. The molecule has 0 radical (unpaired) electrons. The predicted octanol–water partition coefficient (Wildman–Crippen LogP) is 0.0108. The highest BCUT2D eigenvalue weighted by Gasteiger charge is 2.32. The Balaban J connectivity index is 2.05. The molecule has 2 rings (SSSR count). The SMILES string of the molecule is C[C@H]1CN(S(=O)(=O)N2CCCCC2)CCN1. The first-order valence-corrected chi connectivity index (χ1v) is 7.49. The van der Waals surface area contributed by atoms with Gasteiger partial charge in [0.25, 0.3) is 10.2 Å². The average molecular weight is 247 g/mol. The molecule has 0 unspecified atom stereocenters. The van der Waals surface area contributed by atoms with E-state index in [2.05, 4.69) is 5.32 Å². The fourth-order valence-corrected chi connectivity index (χ4v) is 4.15. The summed E-state index contributed by atoms with van der Waals surface area (Å²) in [5.74, 6) is 0. The van der Waals surface area contributed by atoms with Gasteiger partial charge in [0.2, 0.25) is 0 Å². The van der Waals surface area contributed by atoms with Gasteiger partial charge in [0.1, 0.15) is 0 Å². The van der Waals surface area contributed by atoms with Crippen molar-refractivity contribution >= 4 is 10.2 Å². The van der Waals surface area contributed by atoms with Gasteiger partial charge in [-0.05, 0) is 19.8 Å². The van der Waals surface area contributed by atoms with E-state index in [1.54, 1.807) is 8.61 Å². The minimum absolute atomic E-state index is 0.258. The molecule has 0 aromatic carbocycles. The molecular formula is C10H21N3O2S. The molecule has 2 saturated heterocycles. The maximum atomic E-state index is 12.3. The number of piperidine rings is 1. The predicted molar refractivity (Wildman–Crippen MR) is 63.4 cm³/mol. The van der Waals surface area contributed by atoms with Crippen molar-refractivity contribution in [3.8, 4) is 0 Å². The van der Waals surface area contributed by atoms with Gasteiger partial charge in [-0.2, -0.15) is 17.0 Å². The second kappa shape index (κ2) is 5.00. The first-order valence-electron chi connectivity index (χ1n) is 6.09. The van der Waals surface area contributed by atoms with Crippen LogP contribution in [0.15, 0.2) is 0 Å². The van der Waals surface area contributed by atoms with Crippen molar-refractivity contribution in [3.63, 3.8) is 0 Å². The van der Waals surface area contributed by atoms with Gasteiger partial charge >= 0.3 is 0 Å². The highest BCUT2D eigenvalue weighted by atomic mass is 32.2. The first-order chi connectivity index (χ1) is 7.60. The Hall–Kier alpha value is -0.170. The Morgan fingerprint density at radius 3 is 2.38 bits per heavy atom. The molecule has 6 heteroatoms. The van der Waals surface area contributed by atoms with Crippen LogP contribution >= 0.6 is 0 Å². The molecule has 5 nitrogen and oxygen atoms in total. The van der Waals surface area contributed by atoms with Crippen LogP contribution in [0.5, 0.6) is 0 Å². The van der Waals surface area contributed by atoms with Crippen LogP contribution in [0.1, 0.15) is 26.2 Å². The zero-order valence-corrected chi connectivity index (χ0v) is 10.7. The van der Waals surface area contributed by atoms with Gasteiger partial charge in [0.05, 0.1) is 0 Å². The van der Waals surface area contributed by atoms with E-state index in [4.69, 9.17) is 0 Å². The highest BCUT2D eigenvalue weighted by molar-refractivity contribution is 7.86. The van der Waals surface area contributed by atoms with E-state index in [9.17, 15) is 8.42 Å². The normalized spacial score (nSPS) is 30.4. The summed E-state index contributed by atoms with van der Waals surface area (Å²) in [5.41, 5.74) is 0. The first kappa shape index (κ1) is 12.3. The fourth-order valence-electron chi connectivity index (χ4n) is 2.37. The third kappa shape index (κ3) is 2.56. The zero-order chi connectivity index (χ0) is 11.6. The van der Waals surface area contributed by atoms with Crippen LogP contribution in [0.4, 0.5) is 0 Å². The summed E-state index contributed by atoms with van der Waals surface area (Å²) >= 11 is 0. The lowest BCUT2D eigenvalue weighted by Crippen LogP contribution is -2.55. The molecule has 0 saturated carbocycles. The molecule has 16 heavy (non-hydrogen) atoms. The van der Waals surface area contributed by atoms with Crippen molar-refractivity contribution in [2.45, 2.75) is 32.2 Å². The lowest BCUT2D eigenvalue weighted by atomic mass is 10.2. The van der Waals surface area contributed by atoms with Crippen molar-refractivity contribution in [1.82, 2.24) is 13.9 Å². The van der Waals surface area contributed by atoms with Crippen molar-refractivity contribution in [2.24, 2.45) is 0 Å². The third-order valence-electron chi connectivity index (χ3n) is 3.30. The Morgan fingerprint density at radius 1 is 1.06 bits per heavy atom. The number of nitrogens with zero attached hydrogens (tertiary/aromatic N) is 2. The maximum Gasteiger partial charge on any atom is 0.282 e. The second-order valence-corrected chi connectivity index (χ2v) is 6.61. The number of piperazine rings is 1. The van der Waals surface area contributed by atoms with E-state index in [-0.39, 0.29) is 6.04 Å². The largest absolute Gasteiger partial charge is 0.312 e.